The van der Waals surface area contributed by atoms with E-state index in [0.717, 1.165) is 9.80 Å². The first kappa shape index (κ1) is 38.0. The Morgan fingerprint density at radius 2 is 1.00 bits per heavy atom. The molecule has 2 saturated heterocycles. The lowest BCUT2D eigenvalue weighted by molar-refractivity contribution is -0.385. The third-order valence-electron chi connectivity index (χ3n) is 7.24. The van der Waals surface area contributed by atoms with Crippen LogP contribution in [0.25, 0.3) is 0 Å². The molecule has 0 radical (unpaired) electrons. The molecule has 264 valence electrons. The SMILES string of the molecule is NS(=O)(=O)[C@@H]1C[C@H](O)CN(C(=O)OCc2ccc([N+](=O)[O-])cc2)C1.NS(=O)(=O)[C@H]1C[C@@H](O)CN(C(=O)OCc2ccc([N+](=O)[O-])cc2)C1. The Labute approximate surface area is 274 Å². The summed E-state index contributed by atoms with van der Waals surface area (Å²) in [5.74, 6) is 0. The lowest BCUT2D eigenvalue weighted by Gasteiger charge is -2.33. The molecule has 6 N–H and O–H groups in total. The van der Waals surface area contributed by atoms with Crippen molar-refractivity contribution in [2.45, 2.75) is 48.8 Å². The lowest BCUT2D eigenvalue weighted by Crippen LogP contribution is -2.52. The zero-order valence-corrected chi connectivity index (χ0v) is 26.8. The van der Waals surface area contributed by atoms with Crippen molar-refractivity contribution in [3.8, 4) is 0 Å². The van der Waals surface area contributed by atoms with Gasteiger partial charge in [-0.2, -0.15) is 0 Å². The highest BCUT2D eigenvalue weighted by molar-refractivity contribution is 7.90. The van der Waals surface area contributed by atoms with E-state index in [1.54, 1.807) is 0 Å². The molecule has 22 heteroatoms. The number of nitrogens with zero attached hydrogens (tertiary/aromatic N) is 4. The molecule has 2 aromatic rings. The van der Waals surface area contributed by atoms with Gasteiger partial charge in [-0.3, -0.25) is 20.2 Å². The van der Waals surface area contributed by atoms with E-state index in [1.807, 2.05) is 0 Å². The molecule has 2 aliphatic heterocycles. The molecule has 20 nitrogen and oxygen atoms in total. The molecule has 4 atom stereocenters. The number of hydrogen-bond acceptors (Lipinski definition) is 14. The summed E-state index contributed by atoms with van der Waals surface area (Å²) in [6.45, 7) is -0.687. The van der Waals surface area contributed by atoms with Crippen molar-refractivity contribution in [2.24, 2.45) is 10.3 Å². The zero-order chi connectivity index (χ0) is 35.8. The number of aliphatic hydroxyl groups excluding tert-OH is 2. The maximum absolute atomic E-state index is 12.0. The maximum Gasteiger partial charge on any atom is 0.410 e. The number of primary sulfonamides is 2. The van der Waals surface area contributed by atoms with Crippen LogP contribution in [0, 0.1) is 20.2 Å². The fraction of sp³-hybridized carbons (Fsp3) is 0.462. The van der Waals surface area contributed by atoms with Gasteiger partial charge in [-0.05, 0) is 48.2 Å². The minimum absolute atomic E-state index is 0.0367. The standard InChI is InChI=1S/2C13H17N3O7S/c2*14-24(21,22)12-5-11(17)6-15(7-12)13(18)23-8-9-1-3-10(4-2-9)16(19)20/h2*1-4,11-12,17H,5-8H2,(H2,14,21,22)/t2*11-,12+/m10/s1. The Morgan fingerprint density at radius 3 is 1.27 bits per heavy atom. The number of β-amino-alcohol motifs (C(OH)–C–C–N with tert-alkyl or cyclic N) is 2. The second-order valence-corrected chi connectivity index (χ2v) is 14.7. The van der Waals surface area contributed by atoms with Crippen LogP contribution in [0.2, 0.25) is 0 Å². The number of piperidine rings is 2. The minimum Gasteiger partial charge on any atom is -0.445 e. The fourth-order valence-corrected chi connectivity index (χ4v) is 6.49. The molecule has 48 heavy (non-hydrogen) atoms. The van der Waals surface area contributed by atoms with Crippen molar-refractivity contribution >= 4 is 43.6 Å². The fourth-order valence-electron chi connectivity index (χ4n) is 4.73. The second kappa shape index (κ2) is 16.1. The molecule has 2 aromatic carbocycles. The number of nitrogens with two attached hydrogens (primary N) is 2. The summed E-state index contributed by atoms with van der Waals surface area (Å²) < 4.78 is 55.7. The number of benzene rings is 2. The van der Waals surface area contributed by atoms with E-state index in [0.29, 0.717) is 11.1 Å². The van der Waals surface area contributed by atoms with Gasteiger partial charge in [-0.25, -0.2) is 36.7 Å². The van der Waals surface area contributed by atoms with Crippen LogP contribution in [-0.4, -0.2) is 108 Å². The zero-order valence-electron chi connectivity index (χ0n) is 25.1. The largest absolute Gasteiger partial charge is 0.445 e. The van der Waals surface area contributed by atoms with Crippen LogP contribution in [-0.2, 0) is 42.7 Å². The van der Waals surface area contributed by atoms with Crippen molar-refractivity contribution in [1.29, 1.82) is 0 Å². The highest BCUT2D eigenvalue weighted by atomic mass is 32.2. The number of nitro benzene ring substituents is 2. The van der Waals surface area contributed by atoms with Gasteiger partial charge in [0.25, 0.3) is 11.4 Å². The van der Waals surface area contributed by atoms with Gasteiger partial charge in [0.1, 0.15) is 13.2 Å². The molecule has 2 amide bonds. The third kappa shape index (κ3) is 11.3. The molecule has 0 unspecified atom stereocenters. The third-order valence-corrected chi connectivity index (χ3v) is 9.79. The topological polar surface area (TPSA) is 306 Å². The molecule has 4 rings (SSSR count). The van der Waals surface area contributed by atoms with Crippen LogP contribution in [0.5, 0.6) is 0 Å². The van der Waals surface area contributed by atoms with Crippen molar-refractivity contribution < 1.29 is 56.0 Å². The average Bonchev–Trinajstić information content (AvgIpc) is 3.01. The summed E-state index contributed by atoms with van der Waals surface area (Å²) in [5, 5.41) is 48.5. The number of non-ortho nitro benzene ring substituents is 2. The van der Waals surface area contributed by atoms with Gasteiger partial charge >= 0.3 is 12.2 Å². The van der Waals surface area contributed by atoms with Gasteiger partial charge in [-0.1, -0.05) is 0 Å². The Balaban J connectivity index is 0.000000260. The molecular formula is C26H34N6O14S2. The Hall–Kier alpha value is -4.48. The lowest BCUT2D eigenvalue weighted by atomic mass is 10.1. The van der Waals surface area contributed by atoms with E-state index >= 15 is 0 Å². The van der Waals surface area contributed by atoms with Gasteiger partial charge in [-0.15, -0.1) is 0 Å². The number of carbonyl (C=O) groups excluding carboxylic acids is 2. The highest BCUT2D eigenvalue weighted by Gasteiger charge is 2.36. The number of sulfonamides is 2. The number of likely N-dealkylation sites (tertiary alicyclic amines) is 2. The summed E-state index contributed by atoms with van der Waals surface area (Å²) in [6.07, 6.45) is -3.67. The Kier molecular flexibility index (Phi) is 12.7. The number of rotatable bonds is 8. The first-order valence-electron chi connectivity index (χ1n) is 14.0. The van der Waals surface area contributed by atoms with E-state index in [1.165, 1.54) is 48.5 Å². The summed E-state index contributed by atoms with van der Waals surface area (Å²) in [6, 6.07) is 10.9. The van der Waals surface area contributed by atoms with E-state index in [2.05, 4.69) is 0 Å². The van der Waals surface area contributed by atoms with E-state index < -0.39 is 64.8 Å². The molecule has 0 saturated carbocycles. The summed E-state index contributed by atoms with van der Waals surface area (Å²) in [5.41, 5.74) is 0.907. The summed E-state index contributed by atoms with van der Waals surface area (Å²) in [4.78, 5) is 46.2. The second-order valence-electron chi connectivity index (χ2n) is 11.0. The van der Waals surface area contributed by atoms with Gasteiger partial charge < -0.3 is 29.5 Å². The predicted molar refractivity (Wildman–Crippen MR) is 165 cm³/mol. The van der Waals surface area contributed by atoms with E-state index in [-0.39, 0.29) is 63.6 Å². The number of hydrogen-bond donors (Lipinski definition) is 4. The van der Waals surface area contributed by atoms with E-state index in [9.17, 15) is 56.9 Å². The maximum atomic E-state index is 12.0. The monoisotopic (exact) mass is 718 g/mol. The van der Waals surface area contributed by atoms with Gasteiger partial charge in [0, 0.05) is 37.4 Å². The molecule has 0 bridgehead atoms. The van der Waals surface area contributed by atoms with Gasteiger partial charge in [0.15, 0.2) is 0 Å². The number of amides is 2. The smallest absolute Gasteiger partial charge is 0.410 e. The van der Waals surface area contributed by atoms with Crippen LogP contribution in [0.4, 0.5) is 21.0 Å². The molecule has 2 heterocycles. The van der Waals surface area contributed by atoms with Crippen LogP contribution in [0.3, 0.4) is 0 Å². The van der Waals surface area contributed by atoms with Gasteiger partial charge in [0.05, 0.1) is 45.6 Å². The van der Waals surface area contributed by atoms with Crippen molar-refractivity contribution in [3.63, 3.8) is 0 Å². The molecule has 2 aliphatic rings. The molecule has 2 fully saturated rings. The van der Waals surface area contributed by atoms with Crippen LogP contribution < -0.4 is 10.3 Å². The number of aliphatic hydroxyl groups is 2. The number of carbonyl (C=O) groups is 2. The van der Waals surface area contributed by atoms with Crippen LogP contribution >= 0.6 is 0 Å². The first-order chi connectivity index (χ1) is 22.3. The Bertz CT molecular complexity index is 1560. The Morgan fingerprint density at radius 1 is 0.688 bits per heavy atom. The van der Waals surface area contributed by atoms with Gasteiger partial charge in [0.2, 0.25) is 20.0 Å². The van der Waals surface area contributed by atoms with Crippen LogP contribution in [0.15, 0.2) is 48.5 Å². The predicted octanol–water partition coefficient (Wildman–Crippen LogP) is -0.0898. The van der Waals surface area contributed by atoms with Crippen molar-refractivity contribution in [1.82, 2.24) is 9.80 Å². The quantitative estimate of drug-likeness (QED) is 0.205. The van der Waals surface area contributed by atoms with Crippen LogP contribution in [0.1, 0.15) is 24.0 Å². The average molecular weight is 719 g/mol. The molecule has 0 spiro atoms. The molecular weight excluding hydrogens is 684 g/mol. The van der Waals surface area contributed by atoms with Crippen molar-refractivity contribution in [3.05, 3.63) is 79.9 Å². The number of ether oxygens (including phenoxy) is 2. The first-order valence-corrected chi connectivity index (χ1v) is 17.2. The highest BCUT2D eigenvalue weighted by Crippen LogP contribution is 2.20. The number of nitro groups is 2. The summed E-state index contributed by atoms with van der Waals surface area (Å²) >= 11 is 0. The normalized spacial score (nSPS) is 21.3. The van der Waals surface area contributed by atoms with Crippen molar-refractivity contribution in [2.75, 3.05) is 26.2 Å². The summed E-state index contributed by atoms with van der Waals surface area (Å²) in [7, 11) is -7.76. The minimum atomic E-state index is -3.88. The molecule has 0 aromatic heterocycles. The molecule has 0 aliphatic carbocycles. The van der Waals surface area contributed by atoms with E-state index in [4.69, 9.17) is 19.8 Å².